The summed E-state index contributed by atoms with van der Waals surface area (Å²) in [5, 5.41) is 2.74. The number of hydrogen-bond acceptors (Lipinski definition) is 3. The molecule has 2 amide bonds. The molecule has 0 aromatic heterocycles. The van der Waals surface area contributed by atoms with E-state index in [0.717, 1.165) is 31.2 Å². The minimum absolute atomic E-state index is 0.164. The van der Waals surface area contributed by atoms with Gasteiger partial charge in [0, 0.05) is 19.6 Å². The van der Waals surface area contributed by atoms with Gasteiger partial charge in [-0.1, -0.05) is 24.3 Å². The van der Waals surface area contributed by atoms with Gasteiger partial charge in [-0.25, -0.2) is 0 Å². The fraction of sp³-hybridized carbons (Fsp3) is 0.529. The van der Waals surface area contributed by atoms with Crippen LogP contribution in [0.15, 0.2) is 24.3 Å². The van der Waals surface area contributed by atoms with Crippen LogP contribution in [0, 0.1) is 0 Å². The lowest BCUT2D eigenvalue weighted by atomic mass is 9.97. The molecule has 1 aromatic rings. The highest BCUT2D eigenvalue weighted by atomic mass is 16.5. The molecule has 0 saturated carbocycles. The van der Waals surface area contributed by atoms with Crippen LogP contribution in [0.5, 0.6) is 0 Å². The molecule has 2 heterocycles. The summed E-state index contributed by atoms with van der Waals surface area (Å²) in [6.45, 7) is 2.37. The summed E-state index contributed by atoms with van der Waals surface area (Å²) < 4.78 is 5.74. The Labute approximate surface area is 130 Å². The molecule has 1 aromatic carbocycles. The summed E-state index contributed by atoms with van der Waals surface area (Å²) in [7, 11) is 0. The van der Waals surface area contributed by atoms with Crippen LogP contribution in [0.1, 0.15) is 36.5 Å². The number of carbonyl (C=O) groups is 2. The van der Waals surface area contributed by atoms with E-state index in [1.807, 2.05) is 18.2 Å². The predicted molar refractivity (Wildman–Crippen MR) is 82.3 cm³/mol. The minimum atomic E-state index is -0.520. The number of nitrogens with zero attached hydrogens (tertiary/aromatic N) is 1. The van der Waals surface area contributed by atoms with Crippen molar-refractivity contribution >= 4 is 11.8 Å². The van der Waals surface area contributed by atoms with E-state index in [4.69, 9.17) is 4.74 Å². The summed E-state index contributed by atoms with van der Waals surface area (Å²) >= 11 is 0. The van der Waals surface area contributed by atoms with E-state index in [-0.39, 0.29) is 6.10 Å². The van der Waals surface area contributed by atoms with Gasteiger partial charge in [-0.3, -0.25) is 9.59 Å². The van der Waals surface area contributed by atoms with Crippen LogP contribution < -0.4 is 5.32 Å². The molecule has 118 valence electrons. The first-order valence-electron chi connectivity index (χ1n) is 8.02. The van der Waals surface area contributed by atoms with Crippen LogP contribution in [0.25, 0.3) is 0 Å². The SMILES string of the molecule is O=C(NCC1OCCc2ccccc21)C(=O)N1CCCCC1. The zero-order valence-electron chi connectivity index (χ0n) is 12.7. The molecule has 0 bridgehead atoms. The molecule has 2 aliphatic heterocycles. The van der Waals surface area contributed by atoms with Crippen LogP contribution in [0.2, 0.25) is 0 Å². The Morgan fingerprint density at radius 1 is 1.18 bits per heavy atom. The lowest BCUT2D eigenvalue weighted by Crippen LogP contribution is -2.46. The number of amides is 2. The fourth-order valence-corrected chi connectivity index (χ4v) is 3.15. The third-order valence-electron chi connectivity index (χ3n) is 4.38. The van der Waals surface area contributed by atoms with Crippen molar-refractivity contribution in [2.24, 2.45) is 0 Å². The number of piperidine rings is 1. The maximum Gasteiger partial charge on any atom is 0.311 e. The first-order chi connectivity index (χ1) is 10.8. The molecule has 0 radical (unpaired) electrons. The van der Waals surface area contributed by atoms with E-state index in [1.165, 1.54) is 5.56 Å². The van der Waals surface area contributed by atoms with Gasteiger partial charge in [-0.15, -0.1) is 0 Å². The Hall–Kier alpha value is -1.88. The normalized spacial score (nSPS) is 21.1. The number of likely N-dealkylation sites (tertiary alicyclic amines) is 1. The van der Waals surface area contributed by atoms with E-state index >= 15 is 0 Å². The van der Waals surface area contributed by atoms with Gasteiger partial charge in [0.05, 0.1) is 6.61 Å². The Kier molecular flexibility index (Phi) is 4.73. The van der Waals surface area contributed by atoms with E-state index in [9.17, 15) is 9.59 Å². The van der Waals surface area contributed by atoms with Gasteiger partial charge in [0.15, 0.2) is 0 Å². The summed E-state index contributed by atoms with van der Waals surface area (Å²) in [4.78, 5) is 25.8. The van der Waals surface area contributed by atoms with Crippen molar-refractivity contribution < 1.29 is 14.3 Å². The zero-order valence-corrected chi connectivity index (χ0v) is 12.7. The van der Waals surface area contributed by atoms with Crippen molar-refractivity contribution in [1.29, 1.82) is 0 Å². The number of hydrogen-bond donors (Lipinski definition) is 1. The van der Waals surface area contributed by atoms with E-state index in [0.29, 0.717) is 26.2 Å². The van der Waals surface area contributed by atoms with Crippen LogP contribution in [-0.4, -0.2) is 43.0 Å². The van der Waals surface area contributed by atoms with Crippen molar-refractivity contribution in [3.05, 3.63) is 35.4 Å². The third-order valence-corrected chi connectivity index (χ3v) is 4.38. The van der Waals surface area contributed by atoms with Gasteiger partial charge in [0.1, 0.15) is 6.10 Å². The lowest BCUT2D eigenvalue weighted by molar-refractivity contribution is -0.146. The van der Waals surface area contributed by atoms with E-state index < -0.39 is 11.8 Å². The van der Waals surface area contributed by atoms with Crippen LogP contribution in [-0.2, 0) is 20.7 Å². The van der Waals surface area contributed by atoms with E-state index in [2.05, 4.69) is 11.4 Å². The number of fused-ring (bicyclic) bond motifs is 1. The number of ether oxygens (including phenoxy) is 1. The summed E-state index contributed by atoms with van der Waals surface area (Å²) in [5.74, 6) is -0.933. The highest BCUT2D eigenvalue weighted by Gasteiger charge is 2.25. The zero-order chi connectivity index (χ0) is 15.4. The molecule has 3 rings (SSSR count). The summed E-state index contributed by atoms with van der Waals surface area (Å²) in [5.41, 5.74) is 2.37. The molecule has 1 atom stereocenters. The Balaban J connectivity index is 1.56. The minimum Gasteiger partial charge on any atom is -0.371 e. The van der Waals surface area contributed by atoms with Crippen molar-refractivity contribution in [3.8, 4) is 0 Å². The molecule has 22 heavy (non-hydrogen) atoms. The third kappa shape index (κ3) is 3.30. The molecule has 1 unspecified atom stereocenters. The second-order valence-electron chi connectivity index (χ2n) is 5.87. The first-order valence-corrected chi connectivity index (χ1v) is 8.02. The Morgan fingerprint density at radius 2 is 1.95 bits per heavy atom. The number of carbonyl (C=O) groups excluding carboxylic acids is 2. The quantitative estimate of drug-likeness (QED) is 0.841. The second kappa shape index (κ2) is 6.92. The highest BCUT2D eigenvalue weighted by molar-refractivity contribution is 6.35. The average Bonchev–Trinajstić information content (AvgIpc) is 2.59. The molecule has 0 aliphatic carbocycles. The molecule has 1 N–H and O–H groups in total. The van der Waals surface area contributed by atoms with Gasteiger partial charge in [0.25, 0.3) is 0 Å². The largest absolute Gasteiger partial charge is 0.371 e. The molecule has 0 spiro atoms. The Bertz CT molecular complexity index is 553. The molecule has 1 fully saturated rings. The van der Waals surface area contributed by atoms with Crippen molar-refractivity contribution in [2.45, 2.75) is 31.8 Å². The van der Waals surface area contributed by atoms with Gasteiger partial charge < -0.3 is 15.0 Å². The number of benzene rings is 1. The summed E-state index contributed by atoms with van der Waals surface area (Å²) in [6, 6.07) is 8.10. The average molecular weight is 302 g/mol. The van der Waals surface area contributed by atoms with Crippen LogP contribution in [0.4, 0.5) is 0 Å². The van der Waals surface area contributed by atoms with Crippen molar-refractivity contribution in [2.75, 3.05) is 26.2 Å². The van der Waals surface area contributed by atoms with E-state index in [1.54, 1.807) is 4.90 Å². The van der Waals surface area contributed by atoms with Crippen molar-refractivity contribution in [1.82, 2.24) is 10.2 Å². The molecule has 5 nitrogen and oxygen atoms in total. The second-order valence-corrected chi connectivity index (χ2v) is 5.87. The number of rotatable bonds is 2. The first kappa shape index (κ1) is 15.0. The molecular weight excluding hydrogens is 280 g/mol. The molecular formula is C17H22N2O3. The summed E-state index contributed by atoms with van der Waals surface area (Å²) in [6.07, 6.45) is 3.84. The smallest absolute Gasteiger partial charge is 0.311 e. The lowest BCUT2D eigenvalue weighted by Gasteiger charge is -2.28. The van der Waals surface area contributed by atoms with Gasteiger partial charge in [-0.05, 0) is 36.8 Å². The van der Waals surface area contributed by atoms with Crippen LogP contribution in [0.3, 0.4) is 0 Å². The van der Waals surface area contributed by atoms with Gasteiger partial charge >= 0.3 is 11.8 Å². The molecule has 5 heteroatoms. The predicted octanol–water partition coefficient (Wildman–Crippen LogP) is 1.43. The standard InChI is InChI=1S/C17H22N2O3/c20-16(17(21)19-9-4-1-5-10-19)18-12-15-14-7-3-2-6-13(14)8-11-22-15/h2-3,6-7,15H,1,4-5,8-12H2,(H,18,20). The molecule has 2 aliphatic rings. The monoisotopic (exact) mass is 302 g/mol. The van der Waals surface area contributed by atoms with Crippen LogP contribution >= 0.6 is 0 Å². The highest BCUT2D eigenvalue weighted by Crippen LogP contribution is 2.26. The van der Waals surface area contributed by atoms with Crippen molar-refractivity contribution in [3.63, 3.8) is 0 Å². The molecule has 1 saturated heterocycles. The van der Waals surface area contributed by atoms with Gasteiger partial charge in [-0.2, -0.15) is 0 Å². The number of nitrogens with one attached hydrogen (secondary N) is 1. The topological polar surface area (TPSA) is 58.6 Å². The fourth-order valence-electron chi connectivity index (χ4n) is 3.15. The maximum absolute atomic E-state index is 12.1. The van der Waals surface area contributed by atoms with Gasteiger partial charge in [0.2, 0.25) is 0 Å². The maximum atomic E-state index is 12.1. The Morgan fingerprint density at radius 3 is 2.77 bits per heavy atom.